The Hall–Kier alpha value is -1.47. The van der Waals surface area contributed by atoms with Crippen molar-refractivity contribution in [2.24, 2.45) is 0 Å². The van der Waals surface area contributed by atoms with Crippen LogP contribution in [0.25, 0.3) is 0 Å². The SMILES string of the molecule is Cc1cc(CC(=O)O)c(C#N)cc1S. The van der Waals surface area contributed by atoms with E-state index in [1.54, 1.807) is 12.1 Å². The van der Waals surface area contributed by atoms with Crippen LogP contribution >= 0.6 is 12.6 Å². The molecule has 1 aromatic carbocycles. The normalized spacial score (nSPS) is 9.50. The zero-order valence-electron chi connectivity index (χ0n) is 7.61. The van der Waals surface area contributed by atoms with Gasteiger partial charge in [-0.2, -0.15) is 5.26 Å². The number of aliphatic carboxylic acids is 1. The maximum Gasteiger partial charge on any atom is 0.307 e. The first-order chi connectivity index (χ1) is 6.54. The van der Waals surface area contributed by atoms with Gasteiger partial charge in [-0.25, -0.2) is 0 Å². The summed E-state index contributed by atoms with van der Waals surface area (Å²) in [5, 5.41) is 17.4. The molecule has 0 saturated heterocycles. The number of carbonyl (C=O) groups is 1. The van der Waals surface area contributed by atoms with Crippen LogP contribution in [0.5, 0.6) is 0 Å². The van der Waals surface area contributed by atoms with Gasteiger partial charge in [0.15, 0.2) is 0 Å². The first kappa shape index (κ1) is 10.6. The van der Waals surface area contributed by atoms with Crippen LogP contribution in [-0.4, -0.2) is 11.1 Å². The molecule has 0 aliphatic heterocycles. The molecule has 1 aromatic rings. The Bertz CT molecular complexity index is 421. The van der Waals surface area contributed by atoms with Crippen LogP contribution in [0.3, 0.4) is 0 Å². The average molecular weight is 207 g/mol. The number of hydrogen-bond donors (Lipinski definition) is 2. The predicted octanol–water partition coefficient (Wildman–Crippen LogP) is 1.78. The van der Waals surface area contributed by atoms with Gasteiger partial charge in [0.1, 0.15) is 0 Å². The van der Waals surface area contributed by atoms with Crippen LogP contribution in [0, 0.1) is 18.3 Å². The molecule has 14 heavy (non-hydrogen) atoms. The highest BCUT2D eigenvalue weighted by Gasteiger charge is 2.08. The van der Waals surface area contributed by atoms with Crippen LogP contribution in [0.15, 0.2) is 17.0 Å². The number of benzene rings is 1. The summed E-state index contributed by atoms with van der Waals surface area (Å²) in [6.45, 7) is 1.83. The third-order valence-electron chi connectivity index (χ3n) is 1.88. The third-order valence-corrected chi connectivity index (χ3v) is 2.37. The van der Waals surface area contributed by atoms with Crippen LogP contribution in [-0.2, 0) is 11.2 Å². The summed E-state index contributed by atoms with van der Waals surface area (Å²) in [5.41, 5.74) is 1.79. The van der Waals surface area contributed by atoms with Gasteiger partial charge in [0.2, 0.25) is 0 Å². The van der Waals surface area contributed by atoms with Crippen molar-refractivity contribution in [3.05, 3.63) is 28.8 Å². The second kappa shape index (κ2) is 4.16. The molecule has 72 valence electrons. The molecule has 0 saturated carbocycles. The Kier molecular flexibility index (Phi) is 3.15. The van der Waals surface area contributed by atoms with Crippen molar-refractivity contribution in [2.75, 3.05) is 0 Å². The molecular formula is C10H9NO2S. The molecule has 0 amide bonds. The Labute approximate surface area is 87.4 Å². The second-order valence-corrected chi connectivity index (χ2v) is 3.46. The summed E-state index contributed by atoms with van der Waals surface area (Å²) in [4.78, 5) is 11.2. The van der Waals surface area contributed by atoms with Gasteiger partial charge in [-0.15, -0.1) is 12.6 Å². The number of rotatable bonds is 2. The Morgan fingerprint density at radius 1 is 1.64 bits per heavy atom. The topological polar surface area (TPSA) is 61.1 Å². The molecule has 0 aromatic heterocycles. The van der Waals surface area contributed by atoms with Crippen LogP contribution in [0.4, 0.5) is 0 Å². The number of nitriles is 1. The lowest BCUT2D eigenvalue weighted by atomic mass is 10.0. The van der Waals surface area contributed by atoms with E-state index in [1.165, 1.54) is 0 Å². The molecule has 4 heteroatoms. The molecule has 1 N–H and O–H groups in total. The highest BCUT2D eigenvalue weighted by atomic mass is 32.1. The number of aryl methyl sites for hydroxylation is 1. The summed E-state index contributed by atoms with van der Waals surface area (Å²) >= 11 is 4.16. The van der Waals surface area contributed by atoms with Gasteiger partial charge in [0.25, 0.3) is 0 Å². The molecule has 0 fully saturated rings. The number of thiol groups is 1. The smallest absolute Gasteiger partial charge is 0.307 e. The zero-order chi connectivity index (χ0) is 10.7. The number of carboxylic acids is 1. The molecule has 0 bridgehead atoms. The lowest BCUT2D eigenvalue weighted by Crippen LogP contribution is -2.03. The highest BCUT2D eigenvalue weighted by Crippen LogP contribution is 2.19. The van der Waals surface area contributed by atoms with Gasteiger partial charge in [0, 0.05) is 4.90 Å². The van der Waals surface area contributed by atoms with Crippen molar-refractivity contribution in [3.63, 3.8) is 0 Å². The van der Waals surface area contributed by atoms with Crippen LogP contribution in [0.2, 0.25) is 0 Å². The van der Waals surface area contributed by atoms with Gasteiger partial charge in [-0.3, -0.25) is 4.79 Å². The largest absolute Gasteiger partial charge is 0.481 e. The zero-order valence-corrected chi connectivity index (χ0v) is 8.51. The van der Waals surface area contributed by atoms with E-state index >= 15 is 0 Å². The fourth-order valence-corrected chi connectivity index (χ4v) is 1.36. The molecule has 0 radical (unpaired) electrons. The molecule has 0 aliphatic carbocycles. The molecule has 0 aliphatic rings. The minimum atomic E-state index is -0.937. The van der Waals surface area contributed by atoms with Gasteiger partial charge in [-0.05, 0) is 24.1 Å². The summed E-state index contributed by atoms with van der Waals surface area (Å²) in [6, 6.07) is 5.24. The van der Waals surface area contributed by atoms with Crippen molar-refractivity contribution in [1.29, 1.82) is 5.26 Å². The molecule has 0 unspecified atom stereocenters. The molecule has 1 rings (SSSR count). The highest BCUT2D eigenvalue weighted by molar-refractivity contribution is 7.80. The minimum Gasteiger partial charge on any atom is -0.481 e. The van der Waals surface area contributed by atoms with Crippen LogP contribution in [0.1, 0.15) is 16.7 Å². The average Bonchev–Trinajstić information content (AvgIpc) is 2.10. The van der Waals surface area contributed by atoms with Crippen molar-refractivity contribution in [1.82, 2.24) is 0 Å². The molecule has 3 nitrogen and oxygen atoms in total. The van der Waals surface area contributed by atoms with Crippen molar-refractivity contribution >= 4 is 18.6 Å². The monoisotopic (exact) mass is 207 g/mol. The maximum absolute atomic E-state index is 10.5. The molecule has 0 atom stereocenters. The summed E-state index contributed by atoms with van der Waals surface area (Å²) in [7, 11) is 0. The van der Waals surface area contributed by atoms with E-state index in [-0.39, 0.29) is 6.42 Å². The van der Waals surface area contributed by atoms with E-state index in [4.69, 9.17) is 10.4 Å². The Balaban J connectivity index is 3.22. The third kappa shape index (κ3) is 2.27. The second-order valence-electron chi connectivity index (χ2n) is 2.98. The Morgan fingerprint density at radius 2 is 2.29 bits per heavy atom. The van der Waals surface area contributed by atoms with Gasteiger partial charge >= 0.3 is 5.97 Å². The van der Waals surface area contributed by atoms with E-state index in [9.17, 15) is 4.79 Å². The van der Waals surface area contributed by atoms with E-state index in [1.807, 2.05) is 13.0 Å². The number of nitrogens with zero attached hydrogens (tertiary/aromatic N) is 1. The summed E-state index contributed by atoms with van der Waals surface area (Å²) in [5.74, 6) is -0.937. The van der Waals surface area contributed by atoms with E-state index < -0.39 is 5.97 Å². The Morgan fingerprint density at radius 3 is 2.79 bits per heavy atom. The van der Waals surface area contributed by atoms with Crippen LogP contribution < -0.4 is 0 Å². The molecule has 0 spiro atoms. The summed E-state index contributed by atoms with van der Waals surface area (Å²) < 4.78 is 0. The van der Waals surface area contributed by atoms with Crippen molar-refractivity contribution in [2.45, 2.75) is 18.2 Å². The standard InChI is InChI=1S/C10H9NO2S/c1-6-2-7(4-10(12)13)8(5-11)3-9(6)14/h2-3,14H,4H2,1H3,(H,12,13). The quantitative estimate of drug-likeness (QED) is 0.727. The van der Waals surface area contributed by atoms with E-state index in [2.05, 4.69) is 12.6 Å². The predicted molar refractivity (Wildman–Crippen MR) is 54.5 cm³/mol. The van der Waals surface area contributed by atoms with Gasteiger partial charge < -0.3 is 5.11 Å². The number of hydrogen-bond acceptors (Lipinski definition) is 3. The van der Waals surface area contributed by atoms with Gasteiger partial charge in [0.05, 0.1) is 18.1 Å². The van der Waals surface area contributed by atoms with E-state index in [0.29, 0.717) is 16.0 Å². The lowest BCUT2D eigenvalue weighted by molar-refractivity contribution is -0.136. The fourth-order valence-electron chi connectivity index (χ4n) is 1.17. The summed E-state index contributed by atoms with van der Waals surface area (Å²) in [6.07, 6.45) is -0.127. The van der Waals surface area contributed by atoms with Crippen molar-refractivity contribution in [3.8, 4) is 6.07 Å². The molecular weight excluding hydrogens is 198 g/mol. The lowest BCUT2D eigenvalue weighted by Gasteiger charge is -2.04. The van der Waals surface area contributed by atoms with E-state index in [0.717, 1.165) is 5.56 Å². The first-order valence-corrected chi connectivity index (χ1v) is 4.43. The van der Waals surface area contributed by atoms with Gasteiger partial charge in [-0.1, -0.05) is 6.07 Å². The first-order valence-electron chi connectivity index (χ1n) is 3.99. The maximum atomic E-state index is 10.5. The minimum absolute atomic E-state index is 0.127. The van der Waals surface area contributed by atoms with Crippen molar-refractivity contribution < 1.29 is 9.90 Å². The number of carboxylic acid groups (broad SMARTS) is 1. The molecule has 0 heterocycles. The fraction of sp³-hybridized carbons (Fsp3) is 0.200.